The second-order valence-corrected chi connectivity index (χ2v) is 4.67. The number of halogens is 4. The number of thiophene rings is 1. The molecule has 1 aromatic heterocycles. The van der Waals surface area contributed by atoms with E-state index in [1.54, 1.807) is 11.4 Å². The molecule has 0 bridgehead atoms. The number of hydrogen-bond donors (Lipinski definition) is 1. The quantitative estimate of drug-likeness (QED) is 0.831. The minimum atomic E-state index is -4.19. The molecule has 1 nitrogen and oxygen atoms in total. The molecular formula is C7H7F3INS. The van der Waals surface area contributed by atoms with Gasteiger partial charge in [0.2, 0.25) is 0 Å². The van der Waals surface area contributed by atoms with Gasteiger partial charge >= 0.3 is 6.18 Å². The Morgan fingerprint density at radius 1 is 1.54 bits per heavy atom. The largest absolute Gasteiger partial charge is 0.390 e. The van der Waals surface area contributed by atoms with Crippen LogP contribution in [0.25, 0.3) is 0 Å². The molecule has 0 radical (unpaired) electrons. The number of nitrogens with two attached hydrogens (primary N) is 1. The summed E-state index contributed by atoms with van der Waals surface area (Å²) in [4.78, 5) is 0.609. The van der Waals surface area contributed by atoms with Gasteiger partial charge in [0.25, 0.3) is 0 Å². The molecular weight excluding hydrogens is 314 g/mol. The van der Waals surface area contributed by atoms with Crippen LogP contribution in [0.4, 0.5) is 13.2 Å². The summed E-state index contributed by atoms with van der Waals surface area (Å²) in [6.45, 7) is 0. The van der Waals surface area contributed by atoms with Crippen molar-refractivity contribution < 1.29 is 13.2 Å². The first-order valence-electron chi connectivity index (χ1n) is 3.45. The molecule has 0 saturated heterocycles. The lowest BCUT2D eigenvalue weighted by atomic mass is 10.2. The molecule has 13 heavy (non-hydrogen) atoms. The summed E-state index contributed by atoms with van der Waals surface area (Å²) in [7, 11) is 0. The van der Waals surface area contributed by atoms with Gasteiger partial charge in [-0.2, -0.15) is 13.2 Å². The van der Waals surface area contributed by atoms with Crippen molar-refractivity contribution in [3.63, 3.8) is 0 Å². The van der Waals surface area contributed by atoms with Crippen molar-refractivity contribution in [2.24, 2.45) is 5.73 Å². The fourth-order valence-electron chi connectivity index (χ4n) is 0.912. The van der Waals surface area contributed by atoms with Gasteiger partial charge in [-0.3, -0.25) is 0 Å². The van der Waals surface area contributed by atoms with Crippen molar-refractivity contribution in [2.45, 2.75) is 18.6 Å². The summed E-state index contributed by atoms with van der Waals surface area (Å²) in [6, 6.07) is 0.837. The molecule has 0 fully saturated rings. The van der Waals surface area contributed by atoms with Crippen molar-refractivity contribution >= 4 is 33.9 Å². The van der Waals surface area contributed by atoms with Gasteiger partial charge in [0.15, 0.2) is 0 Å². The monoisotopic (exact) mass is 321 g/mol. The normalized spacial score (nSPS) is 14.5. The van der Waals surface area contributed by atoms with E-state index in [1.165, 1.54) is 11.3 Å². The van der Waals surface area contributed by atoms with Crippen molar-refractivity contribution in [3.8, 4) is 0 Å². The van der Waals surface area contributed by atoms with Gasteiger partial charge in [0.05, 0.1) is 6.42 Å². The molecule has 6 heteroatoms. The first kappa shape index (κ1) is 11.3. The van der Waals surface area contributed by atoms with Crippen molar-refractivity contribution in [2.75, 3.05) is 0 Å². The topological polar surface area (TPSA) is 26.0 Å². The van der Waals surface area contributed by atoms with Crippen LogP contribution < -0.4 is 5.73 Å². The molecule has 1 heterocycles. The zero-order valence-corrected chi connectivity index (χ0v) is 9.41. The molecule has 0 aliphatic heterocycles. The Hall–Kier alpha value is 0.180. The minimum absolute atomic E-state index is 0.609. The first-order valence-corrected chi connectivity index (χ1v) is 5.41. The molecule has 1 rings (SSSR count). The van der Waals surface area contributed by atoms with E-state index in [0.29, 0.717) is 4.88 Å². The maximum Gasteiger partial charge on any atom is 0.390 e. The minimum Gasteiger partial charge on any atom is -0.323 e. The highest BCUT2D eigenvalue weighted by Gasteiger charge is 2.31. The van der Waals surface area contributed by atoms with Crippen LogP contribution in [0.1, 0.15) is 17.3 Å². The lowest BCUT2D eigenvalue weighted by molar-refractivity contribution is -0.138. The standard InChI is InChI=1S/C7H7F3INS/c8-7(9,10)3-5(12)6-4(11)1-2-13-6/h1-2,5H,3,12H2. The third kappa shape index (κ3) is 3.43. The number of rotatable bonds is 2. The third-order valence-electron chi connectivity index (χ3n) is 1.43. The molecule has 0 aliphatic rings. The fraction of sp³-hybridized carbons (Fsp3) is 0.429. The van der Waals surface area contributed by atoms with Crippen molar-refractivity contribution in [1.29, 1.82) is 0 Å². The smallest absolute Gasteiger partial charge is 0.323 e. The highest BCUT2D eigenvalue weighted by atomic mass is 127. The molecule has 1 atom stereocenters. The SMILES string of the molecule is NC(CC(F)(F)F)c1sccc1I. The van der Waals surface area contributed by atoms with E-state index in [0.717, 1.165) is 3.57 Å². The maximum atomic E-state index is 12.0. The summed E-state index contributed by atoms with van der Waals surface area (Å²) in [5, 5.41) is 1.74. The van der Waals surface area contributed by atoms with Crippen molar-refractivity contribution in [1.82, 2.24) is 0 Å². The molecule has 0 aromatic carbocycles. The van der Waals surface area contributed by atoms with E-state index in [9.17, 15) is 13.2 Å². The third-order valence-corrected chi connectivity index (χ3v) is 3.79. The van der Waals surface area contributed by atoms with E-state index < -0.39 is 18.6 Å². The van der Waals surface area contributed by atoms with Crippen LogP contribution in [0.3, 0.4) is 0 Å². The lowest BCUT2D eigenvalue weighted by Gasteiger charge is -2.12. The number of alkyl halides is 3. The average Bonchev–Trinajstić information content (AvgIpc) is 2.30. The summed E-state index contributed by atoms with van der Waals surface area (Å²) in [5.41, 5.74) is 5.41. The molecule has 2 N–H and O–H groups in total. The highest BCUT2D eigenvalue weighted by Crippen LogP contribution is 2.32. The Morgan fingerprint density at radius 3 is 2.54 bits per heavy atom. The van der Waals surface area contributed by atoms with Crippen LogP contribution in [0, 0.1) is 3.57 Å². The van der Waals surface area contributed by atoms with Gasteiger partial charge in [0, 0.05) is 14.5 Å². The zero-order chi connectivity index (χ0) is 10.1. The second-order valence-electron chi connectivity index (χ2n) is 2.56. The Bertz CT molecular complexity index is 284. The lowest BCUT2D eigenvalue weighted by Crippen LogP contribution is -2.19. The van der Waals surface area contributed by atoms with E-state index in [4.69, 9.17) is 5.73 Å². The van der Waals surface area contributed by atoms with E-state index in [2.05, 4.69) is 0 Å². The maximum absolute atomic E-state index is 12.0. The van der Waals surface area contributed by atoms with Gasteiger partial charge in [0.1, 0.15) is 0 Å². The summed E-state index contributed by atoms with van der Waals surface area (Å²) >= 11 is 3.25. The van der Waals surface area contributed by atoms with E-state index in [1.807, 2.05) is 22.6 Å². The molecule has 0 aliphatic carbocycles. The zero-order valence-electron chi connectivity index (χ0n) is 6.44. The van der Waals surface area contributed by atoms with Crippen LogP contribution in [0.5, 0.6) is 0 Å². The van der Waals surface area contributed by atoms with Gasteiger partial charge in [-0.15, -0.1) is 11.3 Å². The van der Waals surface area contributed by atoms with Crippen LogP contribution in [0.2, 0.25) is 0 Å². The first-order chi connectivity index (χ1) is 5.90. The highest BCUT2D eigenvalue weighted by molar-refractivity contribution is 14.1. The van der Waals surface area contributed by atoms with E-state index >= 15 is 0 Å². The summed E-state index contributed by atoms with van der Waals surface area (Å²) in [6.07, 6.45) is -5.14. The summed E-state index contributed by atoms with van der Waals surface area (Å²) in [5.74, 6) is 0. The Morgan fingerprint density at radius 2 is 2.15 bits per heavy atom. The average molecular weight is 321 g/mol. The van der Waals surface area contributed by atoms with Crippen molar-refractivity contribution in [3.05, 3.63) is 19.9 Å². The molecule has 0 amide bonds. The Labute approximate surface area is 91.3 Å². The molecule has 74 valence electrons. The second kappa shape index (κ2) is 4.14. The molecule has 0 saturated carbocycles. The predicted molar refractivity (Wildman–Crippen MR) is 54.6 cm³/mol. The van der Waals surface area contributed by atoms with Crippen LogP contribution in [-0.2, 0) is 0 Å². The van der Waals surface area contributed by atoms with Gasteiger partial charge in [-0.25, -0.2) is 0 Å². The van der Waals surface area contributed by atoms with Gasteiger partial charge < -0.3 is 5.73 Å². The van der Waals surface area contributed by atoms with Crippen LogP contribution in [-0.4, -0.2) is 6.18 Å². The van der Waals surface area contributed by atoms with E-state index in [-0.39, 0.29) is 0 Å². The Balaban J connectivity index is 2.69. The Kier molecular flexibility index (Phi) is 3.58. The number of hydrogen-bond acceptors (Lipinski definition) is 2. The fourth-order valence-corrected chi connectivity index (χ4v) is 2.91. The van der Waals surface area contributed by atoms with Crippen LogP contribution >= 0.6 is 33.9 Å². The molecule has 1 unspecified atom stereocenters. The van der Waals surface area contributed by atoms with Crippen LogP contribution in [0.15, 0.2) is 11.4 Å². The predicted octanol–water partition coefficient (Wildman–Crippen LogP) is 3.30. The molecule has 0 spiro atoms. The van der Waals surface area contributed by atoms with Gasteiger partial charge in [-0.05, 0) is 34.0 Å². The van der Waals surface area contributed by atoms with Gasteiger partial charge in [-0.1, -0.05) is 0 Å². The molecule has 1 aromatic rings. The summed E-state index contributed by atoms with van der Waals surface area (Å²) < 4.78 is 36.7.